The predicted octanol–water partition coefficient (Wildman–Crippen LogP) is 3.74. The maximum absolute atomic E-state index is 4.75. The summed E-state index contributed by atoms with van der Waals surface area (Å²) in [5, 5.41) is 0. The van der Waals surface area contributed by atoms with Gasteiger partial charge in [-0.2, -0.15) is 0 Å². The van der Waals surface area contributed by atoms with Crippen molar-refractivity contribution >= 4 is 5.65 Å². The molecule has 3 saturated heterocycles. The quantitative estimate of drug-likeness (QED) is 0.708. The van der Waals surface area contributed by atoms with Gasteiger partial charge in [0.2, 0.25) is 0 Å². The molecular weight excluding hydrogens is 332 g/mol. The van der Waals surface area contributed by atoms with Crippen LogP contribution in [0.3, 0.4) is 0 Å². The number of piperidine rings is 1. The molecule has 3 aliphatic heterocycles. The molecule has 3 fully saturated rings. The van der Waals surface area contributed by atoms with Gasteiger partial charge in [0, 0.05) is 45.0 Å². The molecule has 5 heterocycles. The van der Waals surface area contributed by atoms with Gasteiger partial charge in [-0.1, -0.05) is 36.4 Å². The van der Waals surface area contributed by atoms with Gasteiger partial charge in [-0.3, -0.25) is 9.80 Å². The molecule has 0 amide bonds. The van der Waals surface area contributed by atoms with Crippen molar-refractivity contribution in [1.29, 1.82) is 0 Å². The molecule has 0 spiro atoms. The Hall–Kier alpha value is -2.17. The van der Waals surface area contributed by atoms with E-state index in [1.807, 2.05) is 0 Å². The third-order valence-electron chi connectivity index (χ3n) is 6.33. The molecule has 1 aromatic carbocycles. The van der Waals surface area contributed by atoms with Crippen molar-refractivity contribution < 1.29 is 0 Å². The minimum Gasteiger partial charge on any atom is -0.302 e. The van der Waals surface area contributed by atoms with Crippen molar-refractivity contribution in [2.45, 2.75) is 38.9 Å². The second-order valence-corrected chi connectivity index (χ2v) is 8.28. The number of hydrogen-bond donors (Lipinski definition) is 0. The number of hydrogen-bond acceptors (Lipinski definition) is 3. The van der Waals surface area contributed by atoms with E-state index >= 15 is 0 Å². The highest BCUT2D eigenvalue weighted by Crippen LogP contribution is 2.30. The summed E-state index contributed by atoms with van der Waals surface area (Å²) in [6.45, 7) is 7.86. The number of imidazole rings is 1. The third-order valence-corrected chi connectivity index (χ3v) is 6.33. The molecule has 3 aliphatic rings. The molecule has 0 aliphatic carbocycles. The minimum atomic E-state index is 0.670. The molecule has 0 N–H and O–H groups in total. The second kappa shape index (κ2) is 7.10. The van der Waals surface area contributed by atoms with E-state index in [0.29, 0.717) is 6.04 Å². The lowest BCUT2D eigenvalue weighted by atomic mass is 9.94. The molecule has 4 nitrogen and oxygen atoms in total. The fourth-order valence-electron chi connectivity index (χ4n) is 4.98. The lowest BCUT2D eigenvalue weighted by molar-refractivity contribution is 0.123. The first-order valence-corrected chi connectivity index (χ1v) is 10.2. The van der Waals surface area contributed by atoms with Crippen LogP contribution in [-0.4, -0.2) is 44.9 Å². The smallest absolute Gasteiger partial charge is 0.137 e. The van der Waals surface area contributed by atoms with Crippen molar-refractivity contribution in [2.24, 2.45) is 5.92 Å². The zero-order valence-corrected chi connectivity index (χ0v) is 16.1. The molecule has 6 rings (SSSR count). The van der Waals surface area contributed by atoms with Crippen molar-refractivity contribution in [3.8, 4) is 0 Å². The second-order valence-electron chi connectivity index (χ2n) is 8.28. The number of rotatable bonds is 4. The van der Waals surface area contributed by atoms with Crippen LogP contribution in [0.2, 0.25) is 0 Å². The number of aryl methyl sites for hydroxylation is 1. The Kier molecular flexibility index (Phi) is 4.46. The molecule has 2 aromatic heterocycles. The van der Waals surface area contributed by atoms with Crippen LogP contribution in [0.15, 0.2) is 54.7 Å². The molecule has 4 heteroatoms. The van der Waals surface area contributed by atoms with Crippen molar-refractivity contribution in [3.63, 3.8) is 0 Å². The first-order valence-electron chi connectivity index (χ1n) is 10.2. The summed E-state index contributed by atoms with van der Waals surface area (Å²) in [6.07, 6.45) is 4.86. The van der Waals surface area contributed by atoms with E-state index in [9.17, 15) is 0 Å². The fraction of sp³-hybridized carbons (Fsp3) is 0.435. The van der Waals surface area contributed by atoms with Gasteiger partial charge in [-0.15, -0.1) is 0 Å². The van der Waals surface area contributed by atoms with E-state index in [2.05, 4.69) is 75.9 Å². The summed E-state index contributed by atoms with van der Waals surface area (Å²) < 4.78 is 2.27. The Balaban J connectivity index is 1.34. The topological polar surface area (TPSA) is 23.8 Å². The molecule has 2 atom stereocenters. The third kappa shape index (κ3) is 3.40. The predicted molar refractivity (Wildman–Crippen MR) is 109 cm³/mol. The number of nitrogens with zero attached hydrogens (tertiary/aromatic N) is 4. The monoisotopic (exact) mass is 360 g/mol. The summed E-state index contributed by atoms with van der Waals surface area (Å²) in [5.74, 6) is 0.784. The fourth-order valence-corrected chi connectivity index (χ4v) is 4.98. The minimum absolute atomic E-state index is 0.670. The standard InChI is InChI=1S/C23H28N4/c1-18-22(27-12-6-5-9-23(27)24-18)17-25-13-20-10-11-21(16-25)26(15-20)14-19-7-3-2-4-8-19/h2-9,12,20-21H,10-11,13-17H2,1H3/t20-,21+/m1/s1. The normalized spacial score (nSPS) is 23.7. The number of pyridine rings is 1. The van der Waals surface area contributed by atoms with Gasteiger partial charge < -0.3 is 4.40 Å². The Morgan fingerprint density at radius 3 is 2.67 bits per heavy atom. The van der Waals surface area contributed by atoms with Crippen LogP contribution in [0.1, 0.15) is 29.8 Å². The summed E-state index contributed by atoms with van der Waals surface area (Å²) in [4.78, 5) is 10.2. The maximum atomic E-state index is 4.75. The van der Waals surface area contributed by atoms with Gasteiger partial charge in [0.15, 0.2) is 0 Å². The van der Waals surface area contributed by atoms with Crippen molar-refractivity contribution in [1.82, 2.24) is 19.2 Å². The van der Waals surface area contributed by atoms with Gasteiger partial charge >= 0.3 is 0 Å². The SMILES string of the molecule is Cc1nc2ccccn2c1CN1C[C@H]2CC[C@@H](C1)N(Cc1ccccc1)C2. The van der Waals surface area contributed by atoms with Crippen LogP contribution in [0.4, 0.5) is 0 Å². The Labute approximate surface area is 161 Å². The molecule has 0 radical (unpaired) electrons. The summed E-state index contributed by atoms with van der Waals surface area (Å²) in [5.41, 5.74) is 5.02. The average Bonchev–Trinajstić information content (AvgIpc) is 2.82. The largest absolute Gasteiger partial charge is 0.302 e. The summed E-state index contributed by atoms with van der Waals surface area (Å²) >= 11 is 0. The van der Waals surface area contributed by atoms with Crippen LogP contribution in [0.25, 0.3) is 5.65 Å². The van der Waals surface area contributed by atoms with Crippen LogP contribution in [0.5, 0.6) is 0 Å². The molecule has 2 bridgehead atoms. The van der Waals surface area contributed by atoms with Crippen LogP contribution < -0.4 is 0 Å². The molecule has 3 aromatic rings. The van der Waals surface area contributed by atoms with Crippen LogP contribution >= 0.6 is 0 Å². The van der Waals surface area contributed by atoms with Gasteiger partial charge in [-0.25, -0.2) is 4.98 Å². The van der Waals surface area contributed by atoms with Crippen molar-refractivity contribution in [2.75, 3.05) is 19.6 Å². The first-order chi connectivity index (χ1) is 13.3. The van der Waals surface area contributed by atoms with Gasteiger partial charge in [0.25, 0.3) is 0 Å². The van der Waals surface area contributed by atoms with E-state index in [4.69, 9.17) is 4.98 Å². The average molecular weight is 361 g/mol. The van der Waals surface area contributed by atoms with E-state index in [1.54, 1.807) is 0 Å². The molecule has 27 heavy (non-hydrogen) atoms. The molecule has 0 unspecified atom stereocenters. The number of fused-ring (bicyclic) bond motifs is 5. The summed E-state index contributed by atoms with van der Waals surface area (Å²) in [6, 6.07) is 17.9. The molecule has 140 valence electrons. The highest BCUT2D eigenvalue weighted by molar-refractivity contribution is 5.42. The van der Waals surface area contributed by atoms with E-state index in [0.717, 1.165) is 24.7 Å². The zero-order chi connectivity index (χ0) is 18.2. The van der Waals surface area contributed by atoms with E-state index in [-0.39, 0.29) is 0 Å². The highest BCUT2D eigenvalue weighted by Gasteiger charge is 2.35. The lowest BCUT2D eigenvalue weighted by Crippen LogP contribution is -2.43. The van der Waals surface area contributed by atoms with Crippen LogP contribution in [-0.2, 0) is 13.1 Å². The van der Waals surface area contributed by atoms with E-state index < -0.39 is 0 Å². The zero-order valence-electron chi connectivity index (χ0n) is 16.1. The molecular formula is C23H28N4. The Morgan fingerprint density at radius 2 is 1.78 bits per heavy atom. The Bertz CT molecular complexity index is 917. The van der Waals surface area contributed by atoms with Gasteiger partial charge in [0.05, 0.1) is 11.4 Å². The highest BCUT2D eigenvalue weighted by atomic mass is 15.3. The maximum Gasteiger partial charge on any atom is 0.137 e. The lowest BCUT2D eigenvalue weighted by Gasteiger charge is -2.36. The van der Waals surface area contributed by atoms with Gasteiger partial charge in [-0.05, 0) is 43.4 Å². The molecule has 0 saturated carbocycles. The van der Waals surface area contributed by atoms with Crippen LogP contribution in [0, 0.1) is 12.8 Å². The first kappa shape index (κ1) is 17.0. The number of benzene rings is 1. The summed E-state index contributed by atoms with van der Waals surface area (Å²) in [7, 11) is 0. The Morgan fingerprint density at radius 1 is 0.926 bits per heavy atom. The van der Waals surface area contributed by atoms with Crippen molar-refractivity contribution in [3.05, 3.63) is 71.7 Å². The van der Waals surface area contributed by atoms with Gasteiger partial charge in [0.1, 0.15) is 5.65 Å². The number of aromatic nitrogens is 2. The van der Waals surface area contributed by atoms with E-state index in [1.165, 1.54) is 49.4 Å².